The summed E-state index contributed by atoms with van der Waals surface area (Å²) in [7, 11) is 1.59. The number of halogens is 3. The fraction of sp³-hybridized carbons (Fsp3) is 0.190. The van der Waals surface area contributed by atoms with E-state index in [0.717, 1.165) is 17.8 Å². The molecule has 8 nitrogen and oxygen atoms in total. The van der Waals surface area contributed by atoms with Gasteiger partial charge in [-0.15, -0.1) is 0 Å². The van der Waals surface area contributed by atoms with Gasteiger partial charge in [0.05, 0.1) is 17.3 Å². The highest BCUT2D eigenvalue weighted by Crippen LogP contribution is 2.34. The molecular weight excluding hydrogens is 421 g/mol. The molecule has 0 aliphatic heterocycles. The van der Waals surface area contributed by atoms with Crippen molar-refractivity contribution in [2.24, 2.45) is 4.99 Å². The number of fused-ring (bicyclic) bond motifs is 1. The third-order valence-electron chi connectivity index (χ3n) is 4.85. The van der Waals surface area contributed by atoms with Gasteiger partial charge >= 0.3 is 6.18 Å². The second kappa shape index (κ2) is 8.25. The van der Waals surface area contributed by atoms with Crippen molar-refractivity contribution < 1.29 is 13.2 Å². The summed E-state index contributed by atoms with van der Waals surface area (Å²) >= 11 is 0. The Morgan fingerprint density at radius 2 is 1.97 bits per heavy atom. The van der Waals surface area contributed by atoms with Crippen LogP contribution in [0.1, 0.15) is 29.7 Å². The standard InChI is InChI=1S/C21H19F3N8/c1-11(12-3-4-17(25)27-7-12)31-20-30-8-13(6-26-2)18(32-20)16-10-29-19-15(16)5-14(9-28-19)21(22,23)24/h3-11H,1-2H3,(H2,25,27)(H,28,29)(H,30,31,32). The number of hydrogen-bond acceptors (Lipinski definition) is 7. The Morgan fingerprint density at radius 1 is 1.16 bits per heavy atom. The van der Waals surface area contributed by atoms with E-state index in [1.807, 2.05) is 13.0 Å². The van der Waals surface area contributed by atoms with Crippen LogP contribution in [0.3, 0.4) is 0 Å². The first-order valence-electron chi connectivity index (χ1n) is 9.58. The van der Waals surface area contributed by atoms with Gasteiger partial charge in [-0.1, -0.05) is 6.07 Å². The van der Waals surface area contributed by atoms with Gasteiger partial charge in [-0.3, -0.25) is 4.99 Å². The van der Waals surface area contributed by atoms with Crippen LogP contribution in [0.15, 0.2) is 48.0 Å². The van der Waals surface area contributed by atoms with E-state index in [2.05, 4.69) is 35.2 Å². The fourth-order valence-corrected chi connectivity index (χ4v) is 3.21. The summed E-state index contributed by atoms with van der Waals surface area (Å²) < 4.78 is 39.7. The highest BCUT2D eigenvalue weighted by atomic mass is 19.4. The lowest BCUT2D eigenvalue weighted by molar-refractivity contribution is -0.137. The zero-order valence-electron chi connectivity index (χ0n) is 17.1. The highest BCUT2D eigenvalue weighted by molar-refractivity contribution is 5.98. The van der Waals surface area contributed by atoms with E-state index in [4.69, 9.17) is 5.73 Å². The predicted octanol–water partition coefficient (Wildman–Crippen LogP) is 4.24. The summed E-state index contributed by atoms with van der Waals surface area (Å²) in [5.41, 5.74) is 7.42. The number of H-pyrrole nitrogens is 1. The first kappa shape index (κ1) is 21.2. The van der Waals surface area contributed by atoms with Crippen LogP contribution in [-0.2, 0) is 6.18 Å². The molecule has 0 saturated heterocycles. The molecule has 164 valence electrons. The number of nitrogens with two attached hydrogens (primary N) is 1. The average molecular weight is 440 g/mol. The topological polar surface area (TPSA) is 118 Å². The molecule has 4 heterocycles. The van der Waals surface area contributed by atoms with Crippen molar-refractivity contribution in [1.29, 1.82) is 0 Å². The Kier molecular flexibility index (Phi) is 5.47. The third-order valence-corrected chi connectivity index (χ3v) is 4.85. The SMILES string of the molecule is CN=Cc1cnc(NC(C)c2ccc(N)nc2)nc1-c1c[nH]c2ncc(C(F)(F)F)cc12. The van der Waals surface area contributed by atoms with Crippen LogP contribution < -0.4 is 11.1 Å². The molecule has 0 aromatic carbocycles. The number of nitrogens with zero attached hydrogens (tertiary/aromatic N) is 5. The molecule has 0 fully saturated rings. The molecule has 11 heteroatoms. The van der Waals surface area contributed by atoms with Gasteiger partial charge in [0.2, 0.25) is 5.95 Å². The van der Waals surface area contributed by atoms with Crippen molar-refractivity contribution in [3.63, 3.8) is 0 Å². The quantitative estimate of drug-likeness (QED) is 0.400. The summed E-state index contributed by atoms with van der Waals surface area (Å²) in [5.74, 6) is 0.709. The third kappa shape index (κ3) is 4.22. The summed E-state index contributed by atoms with van der Waals surface area (Å²) in [5, 5.41) is 3.48. The Hall–Kier alpha value is -4.02. The molecule has 4 aromatic heterocycles. The van der Waals surface area contributed by atoms with Crippen molar-refractivity contribution in [2.75, 3.05) is 18.1 Å². The van der Waals surface area contributed by atoms with Gasteiger partial charge < -0.3 is 16.0 Å². The minimum atomic E-state index is -4.51. The number of anilines is 2. The number of pyridine rings is 2. The zero-order valence-corrected chi connectivity index (χ0v) is 17.1. The maximum absolute atomic E-state index is 13.2. The largest absolute Gasteiger partial charge is 0.417 e. The number of nitrogens with one attached hydrogen (secondary N) is 2. The number of hydrogen-bond donors (Lipinski definition) is 3. The van der Waals surface area contributed by atoms with E-state index >= 15 is 0 Å². The molecule has 1 unspecified atom stereocenters. The van der Waals surface area contributed by atoms with Crippen LogP contribution in [0, 0.1) is 0 Å². The van der Waals surface area contributed by atoms with Crippen LogP contribution >= 0.6 is 0 Å². The maximum atomic E-state index is 13.2. The Morgan fingerprint density at radius 3 is 2.66 bits per heavy atom. The molecule has 0 spiro atoms. The average Bonchev–Trinajstić information content (AvgIpc) is 3.18. The van der Waals surface area contributed by atoms with Crippen LogP contribution in [0.25, 0.3) is 22.3 Å². The van der Waals surface area contributed by atoms with Crippen molar-refractivity contribution in [2.45, 2.75) is 19.1 Å². The summed E-state index contributed by atoms with van der Waals surface area (Å²) in [6, 6.07) is 4.39. The van der Waals surface area contributed by atoms with Crippen LogP contribution in [0.5, 0.6) is 0 Å². The number of aromatic amines is 1. The van der Waals surface area contributed by atoms with Crippen molar-refractivity contribution in [3.05, 3.63) is 59.7 Å². The number of nitrogen functional groups attached to an aromatic ring is 1. The number of alkyl halides is 3. The van der Waals surface area contributed by atoms with E-state index in [9.17, 15) is 13.2 Å². The molecule has 0 aliphatic rings. The van der Waals surface area contributed by atoms with E-state index in [1.54, 1.807) is 37.9 Å². The second-order valence-electron chi connectivity index (χ2n) is 7.09. The van der Waals surface area contributed by atoms with Gasteiger partial charge in [0.25, 0.3) is 0 Å². The van der Waals surface area contributed by atoms with Gasteiger partial charge in [0.15, 0.2) is 0 Å². The van der Waals surface area contributed by atoms with E-state index in [1.165, 1.54) is 0 Å². The molecule has 0 saturated carbocycles. The molecule has 4 rings (SSSR count). The fourth-order valence-electron chi connectivity index (χ4n) is 3.21. The second-order valence-corrected chi connectivity index (χ2v) is 7.09. The Balaban J connectivity index is 1.77. The Bertz CT molecular complexity index is 1280. The molecule has 1 atom stereocenters. The maximum Gasteiger partial charge on any atom is 0.417 e. The molecule has 0 aliphatic carbocycles. The minimum absolute atomic E-state index is 0.192. The summed E-state index contributed by atoms with van der Waals surface area (Å²) in [6.45, 7) is 1.91. The Labute approximate surface area is 180 Å². The van der Waals surface area contributed by atoms with Gasteiger partial charge in [0, 0.05) is 54.6 Å². The van der Waals surface area contributed by atoms with Gasteiger partial charge in [0.1, 0.15) is 11.5 Å². The molecule has 0 amide bonds. The summed E-state index contributed by atoms with van der Waals surface area (Å²) in [6.07, 6.45) is 2.62. The van der Waals surface area contributed by atoms with Crippen molar-refractivity contribution in [1.82, 2.24) is 24.9 Å². The lowest BCUT2D eigenvalue weighted by Crippen LogP contribution is -2.11. The molecular formula is C21H19F3N8. The monoisotopic (exact) mass is 440 g/mol. The first-order valence-corrected chi connectivity index (χ1v) is 9.58. The van der Waals surface area contributed by atoms with Crippen LogP contribution in [-0.4, -0.2) is 38.2 Å². The predicted molar refractivity (Wildman–Crippen MR) is 116 cm³/mol. The normalized spacial score (nSPS) is 13.0. The van der Waals surface area contributed by atoms with E-state index in [0.29, 0.717) is 39.6 Å². The molecule has 0 radical (unpaired) electrons. The minimum Gasteiger partial charge on any atom is -0.384 e. The lowest BCUT2D eigenvalue weighted by atomic mass is 10.1. The van der Waals surface area contributed by atoms with Gasteiger partial charge in [-0.2, -0.15) is 13.2 Å². The van der Waals surface area contributed by atoms with Crippen LogP contribution in [0.4, 0.5) is 24.9 Å². The van der Waals surface area contributed by atoms with E-state index in [-0.39, 0.29) is 6.04 Å². The summed E-state index contributed by atoms with van der Waals surface area (Å²) in [4.78, 5) is 23.8. The van der Waals surface area contributed by atoms with Gasteiger partial charge in [-0.25, -0.2) is 19.9 Å². The molecule has 0 bridgehead atoms. The highest BCUT2D eigenvalue weighted by Gasteiger charge is 2.31. The molecule has 32 heavy (non-hydrogen) atoms. The number of aliphatic imine (C=N–C) groups is 1. The lowest BCUT2D eigenvalue weighted by Gasteiger charge is -2.15. The smallest absolute Gasteiger partial charge is 0.384 e. The molecule has 4 N–H and O–H groups in total. The first-order chi connectivity index (χ1) is 15.3. The van der Waals surface area contributed by atoms with Crippen LogP contribution in [0.2, 0.25) is 0 Å². The number of aromatic nitrogens is 5. The van der Waals surface area contributed by atoms with Crippen molar-refractivity contribution >= 4 is 29.0 Å². The van der Waals surface area contributed by atoms with Gasteiger partial charge in [-0.05, 0) is 24.6 Å². The van der Waals surface area contributed by atoms with Crippen molar-refractivity contribution in [3.8, 4) is 11.3 Å². The van der Waals surface area contributed by atoms with E-state index < -0.39 is 11.7 Å². The number of rotatable bonds is 5. The molecule has 4 aromatic rings. The zero-order chi connectivity index (χ0) is 22.9.